The average molecular weight is 377 g/mol. The lowest BCUT2D eigenvalue weighted by molar-refractivity contribution is -0.112. The third kappa shape index (κ3) is 4.92. The average Bonchev–Trinajstić information content (AvgIpc) is 2.70. The number of amides is 1. The molecule has 0 saturated heterocycles. The highest BCUT2D eigenvalue weighted by Crippen LogP contribution is 2.28. The van der Waals surface area contributed by atoms with Crippen molar-refractivity contribution in [2.45, 2.75) is 27.7 Å². The number of nitriles is 1. The lowest BCUT2D eigenvalue weighted by Gasteiger charge is -2.22. The van der Waals surface area contributed by atoms with Gasteiger partial charge >= 0.3 is 0 Å². The molecule has 2 rings (SSSR count). The molecule has 0 radical (unpaired) electrons. The highest BCUT2D eigenvalue weighted by atomic mass is 16.5. The van der Waals surface area contributed by atoms with Gasteiger partial charge in [0.2, 0.25) is 0 Å². The van der Waals surface area contributed by atoms with E-state index >= 15 is 0 Å². The normalized spacial score (nSPS) is 10.9. The van der Waals surface area contributed by atoms with Gasteiger partial charge < -0.3 is 15.0 Å². The minimum Gasteiger partial charge on any atom is -0.496 e. The molecule has 2 aromatic carbocycles. The summed E-state index contributed by atoms with van der Waals surface area (Å²) in [7, 11) is 1.58. The Morgan fingerprint density at radius 2 is 1.89 bits per heavy atom. The van der Waals surface area contributed by atoms with E-state index < -0.39 is 5.91 Å². The van der Waals surface area contributed by atoms with E-state index in [0.717, 1.165) is 29.9 Å². The van der Waals surface area contributed by atoms with Crippen molar-refractivity contribution in [3.63, 3.8) is 0 Å². The molecule has 0 heterocycles. The topological polar surface area (TPSA) is 65.4 Å². The zero-order chi connectivity index (χ0) is 20.7. The van der Waals surface area contributed by atoms with Gasteiger partial charge in [-0.1, -0.05) is 12.1 Å². The molecule has 0 aromatic heterocycles. The van der Waals surface area contributed by atoms with E-state index in [0.29, 0.717) is 17.0 Å². The number of nitrogens with one attached hydrogen (secondary N) is 1. The molecule has 0 saturated carbocycles. The van der Waals surface area contributed by atoms with Crippen LogP contribution in [0.4, 0.5) is 11.4 Å². The summed E-state index contributed by atoms with van der Waals surface area (Å²) in [6.07, 6.45) is 1.56. The summed E-state index contributed by atoms with van der Waals surface area (Å²) < 4.78 is 5.49. The predicted octanol–water partition coefficient (Wildman–Crippen LogP) is 4.70. The van der Waals surface area contributed by atoms with Crippen molar-refractivity contribution in [1.82, 2.24) is 0 Å². The molecule has 0 atom stereocenters. The first-order valence-electron chi connectivity index (χ1n) is 9.36. The number of hydrogen-bond donors (Lipinski definition) is 1. The van der Waals surface area contributed by atoms with E-state index in [-0.39, 0.29) is 5.57 Å². The highest BCUT2D eigenvalue weighted by Gasteiger charge is 2.13. The Morgan fingerprint density at radius 1 is 1.18 bits per heavy atom. The quantitative estimate of drug-likeness (QED) is 0.561. The molecule has 0 unspecified atom stereocenters. The third-order valence-electron chi connectivity index (χ3n) is 4.65. The van der Waals surface area contributed by atoms with Gasteiger partial charge in [-0.15, -0.1) is 0 Å². The Morgan fingerprint density at radius 3 is 2.50 bits per heavy atom. The monoisotopic (exact) mass is 377 g/mol. The fourth-order valence-electron chi connectivity index (χ4n) is 2.97. The largest absolute Gasteiger partial charge is 0.496 e. The number of ether oxygens (including phenoxy) is 1. The number of nitrogens with zero attached hydrogens (tertiary/aromatic N) is 2. The van der Waals surface area contributed by atoms with E-state index in [1.165, 1.54) is 0 Å². The van der Waals surface area contributed by atoms with E-state index in [2.05, 4.69) is 24.1 Å². The van der Waals surface area contributed by atoms with Gasteiger partial charge in [0.1, 0.15) is 17.4 Å². The van der Waals surface area contributed by atoms with Crippen molar-refractivity contribution in [3.8, 4) is 11.8 Å². The number of aryl methyl sites for hydroxylation is 2. The first-order valence-corrected chi connectivity index (χ1v) is 9.36. The molecular weight excluding hydrogens is 350 g/mol. The van der Waals surface area contributed by atoms with Gasteiger partial charge in [-0.3, -0.25) is 4.79 Å². The second kappa shape index (κ2) is 9.61. The Hall–Kier alpha value is -3.26. The summed E-state index contributed by atoms with van der Waals surface area (Å²) in [5.41, 5.74) is 4.43. The maximum atomic E-state index is 12.6. The van der Waals surface area contributed by atoms with Gasteiger partial charge in [-0.2, -0.15) is 5.26 Å². The molecular formula is C23H27N3O2. The zero-order valence-electron chi connectivity index (χ0n) is 17.2. The summed E-state index contributed by atoms with van der Waals surface area (Å²) in [4.78, 5) is 14.8. The standard InChI is InChI=1S/C23H27N3O2/c1-6-26(7-2)20-11-10-18(22(14-20)28-5)13-19(15-24)23(27)25-21-12-16(3)8-9-17(21)4/h8-14H,6-7H2,1-5H3,(H,25,27). The van der Waals surface area contributed by atoms with Crippen LogP contribution < -0.4 is 15.0 Å². The smallest absolute Gasteiger partial charge is 0.266 e. The molecule has 1 N–H and O–H groups in total. The van der Waals surface area contributed by atoms with Crippen molar-refractivity contribution >= 4 is 23.4 Å². The Bertz CT molecular complexity index is 922. The maximum absolute atomic E-state index is 12.6. The fourth-order valence-corrected chi connectivity index (χ4v) is 2.97. The summed E-state index contributed by atoms with van der Waals surface area (Å²) in [5.74, 6) is 0.183. The number of benzene rings is 2. The molecule has 1 amide bonds. The molecule has 0 bridgehead atoms. The molecule has 28 heavy (non-hydrogen) atoms. The number of hydrogen-bond acceptors (Lipinski definition) is 4. The molecule has 0 aliphatic rings. The van der Waals surface area contributed by atoms with E-state index in [4.69, 9.17) is 4.74 Å². The van der Waals surface area contributed by atoms with Crippen LogP contribution in [0.25, 0.3) is 6.08 Å². The molecule has 5 nitrogen and oxygen atoms in total. The van der Waals surface area contributed by atoms with Crippen LogP contribution in [0.2, 0.25) is 0 Å². The van der Waals surface area contributed by atoms with Crippen molar-refractivity contribution in [1.29, 1.82) is 5.26 Å². The highest BCUT2D eigenvalue weighted by molar-refractivity contribution is 6.10. The number of anilines is 2. The summed E-state index contributed by atoms with van der Waals surface area (Å²) in [6, 6.07) is 13.6. The number of carbonyl (C=O) groups is 1. The second-order valence-corrected chi connectivity index (χ2v) is 6.54. The van der Waals surface area contributed by atoms with Gasteiger partial charge in [-0.05, 0) is 63.1 Å². The Kier molecular flexibility index (Phi) is 7.22. The van der Waals surface area contributed by atoms with Crippen LogP contribution in [0.15, 0.2) is 42.0 Å². The summed E-state index contributed by atoms with van der Waals surface area (Å²) in [5, 5.41) is 12.3. The number of carbonyl (C=O) groups excluding carboxylic acids is 1. The zero-order valence-corrected chi connectivity index (χ0v) is 17.2. The number of rotatable bonds is 7. The minimum atomic E-state index is -0.439. The van der Waals surface area contributed by atoms with Gasteiger partial charge in [-0.25, -0.2) is 0 Å². The van der Waals surface area contributed by atoms with Crippen LogP contribution in [-0.4, -0.2) is 26.1 Å². The van der Waals surface area contributed by atoms with Crippen LogP contribution in [0.5, 0.6) is 5.75 Å². The lowest BCUT2D eigenvalue weighted by Crippen LogP contribution is -2.21. The molecule has 146 valence electrons. The van der Waals surface area contributed by atoms with Crippen LogP contribution in [0.3, 0.4) is 0 Å². The fraction of sp³-hybridized carbons (Fsp3) is 0.304. The maximum Gasteiger partial charge on any atom is 0.266 e. The van der Waals surface area contributed by atoms with Gasteiger partial charge in [0, 0.05) is 36.1 Å². The molecule has 2 aromatic rings. The summed E-state index contributed by atoms with van der Waals surface area (Å²) in [6.45, 7) is 9.83. The predicted molar refractivity (Wildman–Crippen MR) is 115 cm³/mol. The van der Waals surface area contributed by atoms with Crippen LogP contribution in [0.1, 0.15) is 30.5 Å². The third-order valence-corrected chi connectivity index (χ3v) is 4.65. The van der Waals surface area contributed by atoms with Gasteiger partial charge in [0.05, 0.1) is 7.11 Å². The minimum absolute atomic E-state index is 0.0230. The first-order chi connectivity index (χ1) is 13.4. The molecule has 0 aliphatic carbocycles. The first kappa shape index (κ1) is 21.0. The molecule has 0 spiro atoms. The van der Waals surface area contributed by atoms with Crippen LogP contribution in [0, 0.1) is 25.2 Å². The Balaban J connectivity index is 2.34. The van der Waals surface area contributed by atoms with Crippen molar-refractivity contribution < 1.29 is 9.53 Å². The van der Waals surface area contributed by atoms with E-state index in [9.17, 15) is 10.1 Å². The van der Waals surface area contributed by atoms with Crippen molar-refractivity contribution in [2.75, 3.05) is 30.4 Å². The number of methoxy groups -OCH3 is 1. The lowest BCUT2D eigenvalue weighted by atomic mass is 10.1. The second-order valence-electron chi connectivity index (χ2n) is 6.54. The van der Waals surface area contributed by atoms with Gasteiger partial charge in [0.25, 0.3) is 5.91 Å². The molecule has 0 fully saturated rings. The van der Waals surface area contributed by atoms with Crippen LogP contribution >= 0.6 is 0 Å². The van der Waals surface area contributed by atoms with E-state index in [1.807, 2.05) is 56.3 Å². The van der Waals surface area contributed by atoms with Crippen molar-refractivity contribution in [3.05, 3.63) is 58.7 Å². The SMILES string of the molecule is CCN(CC)c1ccc(C=C(C#N)C(=O)Nc2cc(C)ccc2C)c(OC)c1. The van der Waals surface area contributed by atoms with Crippen molar-refractivity contribution in [2.24, 2.45) is 0 Å². The molecule has 0 aliphatic heterocycles. The van der Waals surface area contributed by atoms with Gasteiger partial charge in [0.15, 0.2) is 0 Å². The Labute approximate surface area is 167 Å². The summed E-state index contributed by atoms with van der Waals surface area (Å²) >= 11 is 0. The van der Waals surface area contributed by atoms with Crippen LogP contribution in [-0.2, 0) is 4.79 Å². The molecule has 5 heteroatoms. The van der Waals surface area contributed by atoms with E-state index in [1.54, 1.807) is 13.2 Å².